The average Bonchev–Trinajstić information content (AvgIpc) is 2.47. The van der Waals surface area contributed by atoms with E-state index in [2.05, 4.69) is 74.5 Å². The molecule has 0 saturated heterocycles. The Bertz CT molecular complexity index is 422. The molecule has 0 unspecified atom stereocenters. The Labute approximate surface area is 112 Å². The van der Waals surface area contributed by atoms with Crippen molar-refractivity contribution in [2.24, 2.45) is 0 Å². The van der Waals surface area contributed by atoms with Crippen LogP contribution in [-0.2, 0) is 0 Å². The summed E-state index contributed by atoms with van der Waals surface area (Å²) < 4.78 is 0. The van der Waals surface area contributed by atoms with E-state index in [-0.39, 0.29) is 0 Å². The molecule has 0 nitrogen and oxygen atoms in total. The standard InChI is InChI=1S/C17H22Si/c1-3-15-18(4-2,16-11-7-5-8-12-16)17-13-9-6-10-14-17/h5-14H,3-4,15H2,1-2H3. The number of hydrogen-bond donors (Lipinski definition) is 0. The van der Waals surface area contributed by atoms with Crippen molar-refractivity contribution in [3.8, 4) is 0 Å². The zero-order valence-electron chi connectivity index (χ0n) is 11.4. The Morgan fingerprint density at radius 1 is 0.722 bits per heavy atom. The third-order valence-electron chi connectivity index (χ3n) is 3.93. The fourth-order valence-corrected chi connectivity index (χ4v) is 7.58. The van der Waals surface area contributed by atoms with E-state index in [0.29, 0.717) is 0 Å². The molecule has 1 heteroatoms. The first-order chi connectivity index (χ1) is 8.83. The molecule has 0 aliphatic heterocycles. The van der Waals surface area contributed by atoms with Gasteiger partial charge in [-0.25, -0.2) is 0 Å². The Kier molecular flexibility index (Phi) is 4.37. The minimum atomic E-state index is -1.52. The van der Waals surface area contributed by atoms with Gasteiger partial charge in [0.05, 0.1) is 0 Å². The van der Waals surface area contributed by atoms with E-state index in [1.54, 1.807) is 10.4 Å². The van der Waals surface area contributed by atoms with Crippen LogP contribution in [0.3, 0.4) is 0 Å². The SMILES string of the molecule is CCC[Si](CC)(c1ccccc1)c1ccccc1. The van der Waals surface area contributed by atoms with Gasteiger partial charge in [0.25, 0.3) is 0 Å². The van der Waals surface area contributed by atoms with Crippen LogP contribution in [0, 0.1) is 0 Å². The maximum Gasteiger partial charge on any atom is 0.117 e. The first-order valence-corrected chi connectivity index (χ1v) is 9.36. The molecule has 0 heterocycles. The Morgan fingerprint density at radius 2 is 1.17 bits per heavy atom. The highest BCUT2D eigenvalue weighted by atomic mass is 28.3. The molecule has 0 aromatic heterocycles. The zero-order chi connectivity index (χ0) is 12.8. The van der Waals surface area contributed by atoms with E-state index >= 15 is 0 Å². The summed E-state index contributed by atoms with van der Waals surface area (Å²) in [5, 5.41) is 3.17. The Hall–Kier alpha value is -1.34. The fourth-order valence-electron chi connectivity index (χ4n) is 2.98. The van der Waals surface area contributed by atoms with Crippen LogP contribution in [0.15, 0.2) is 60.7 Å². The molecule has 2 aromatic carbocycles. The van der Waals surface area contributed by atoms with E-state index in [9.17, 15) is 0 Å². The number of rotatable bonds is 5. The van der Waals surface area contributed by atoms with Gasteiger partial charge in [-0.3, -0.25) is 0 Å². The molecule has 0 aliphatic rings. The number of hydrogen-bond acceptors (Lipinski definition) is 0. The second-order valence-corrected chi connectivity index (χ2v) is 9.44. The highest BCUT2D eigenvalue weighted by Gasteiger charge is 2.33. The molecule has 0 N–H and O–H groups in total. The molecule has 94 valence electrons. The van der Waals surface area contributed by atoms with Crippen molar-refractivity contribution in [3.05, 3.63) is 60.7 Å². The molecule has 0 radical (unpaired) electrons. The minimum Gasteiger partial charge on any atom is -0.0672 e. The monoisotopic (exact) mass is 254 g/mol. The van der Waals surface area contributed by atoms with Gasteiger partial charge < -0.3 is 0 Å². The van der Waals surface area contributed by atoms with Crippen molar-refractivity contribution in [1.29, 1.82) is 0 Å². The second kappa shape index (κ2) is 6.01. The first kappa shape index (κ1) is 13.1. The van der Waals surface area contributed by atoms with Gasteiger partial charge in [0.1, 0.15) is 8.07 Å². The maximum atomic E-state index is 2.36. The molecule has 0 amide bonds. The van der Waals surface area contributed by atoms with E-state index in [1.807, 2.05) is 0 Å². The molecule has 0 aliphatic carbocycles. The predicted octanol–water partition coefficient (Wildman–Crippen LogP) is 3.68. The summed E-state index contributed by atoms with van der Waals surface area (Å²) in [6, 6.07) is 24.9. The highest BCUT2D eigenvalue weighted by molar-refractivity contribution is 7.02. The van der Waals surface area contributed by atoms with Crippen molar-refractivity contribution in [1.82, 2.24) is 0 Å². The van der Waals surface area contributed by atoms with E-state index in [4.69, 9.17) is 0 Å². The second-order valence-electron chi connectivity index (χ2n) is 4.92. The summed E-state index contributed by atoms with van der Waals surface area (Å²) in [6.45, 7) is 4.67. The number of benzene rings is 2. The largest absolute Gasteiger partial charge is 0.117 e. The summed E-state index contributed by atoms with van der Waals surface area (Å²) >= 11 is 0. The highest BCUT2D eigenvalue weighted by Crippen LogP contribution is 2.18. The smallest absolute Gasteiger partial charge is 0.0672 e. The molecule has 0 spiro atoms. The van der Waals surface area contributed by atoms with Gasteiger partial charge in [0.2, 0.25) is 0 Å². The quantitative estimate of drug-likeness (QED) is 0.714. The van der Waals surface area contributed by atoms with Gasteiger partial charge in [0, 0.05) is 0 Å². The van der Waals surface area contributed by atoms with Crippen molar-refractivity contribution < 1.29 is 0 Å². The van der Waals surface area contributed by atoms with Gasteiger partial charge in [0.15, 0.2) is 0 Å². The van der Waals surface area contributed by atoms with Crippen LogP contribution >= 0.6 is 0 Å². The Morgan fingerprint density at radius 3 is 1.50 bits per heavy atom. The van der Waals surface area contributed by atoms with Crippen molar-refractivity contribution >= 4 is 18.4 Å². The lowest BCUT2D eigenvalue weighted by Gasteiger charge is -2.31. The molecule has 18 heavy (non-hydrogen) atoms. The Balaban J connectivity index is 2.53. The maximum absolute atomic E-state index is 2.36. The third-order valence-corrected chi connectivity index (χ3v) is 9.37. The summed E-state index contributed by atoms with van der Waals surface area (Å²) in [7, 11) is -1.52. The van der Waals surface area contributed by atoms with Gasteiger partial charge in [-0.1, -0.05) is 97.3 Å². The van der Waals surface area contributed by atoms with Gasteiger partial charge in [-0.2, -0.15) is 0 Å². The summed E-state index contributed by atoms with van der Waals surface area (Å²) in [5.74, 6) is 0. The minimum absolute atomic E-state index is 1.27. The summed E-state index contributed by atoms with van der Waals surface area (Å²) in [6.07, 6.45) is 1.27. The molecule has 0 saturated carbocycles. The van der Waals surface area contributed by atoms with Crippen LogP contribution in [0.4, 0.5) is 0 Å². The molecule has 0 atom stereocenters. The van der Waals surface area contributed by atoms with Crippen LogP contribution in [0.1, 0.15) is 20.3 Å². The van der Waals surface area contributed by atoms with Crippen molar-refractivity contribution in [2.45, 2.75) is 32.4 Å². The van der Waals surface area contributed by atoms with Crippen molar-refractivity contribution in [2.75, 3.05) is 0 Å². The van der Waals surface area contributed by atoms with Crippen LogP contribution in [0.2, 0.25) is 12.1 Å². The lowest BCUT2D eigenvalue weighted by molar-refractivity contribution is 1.04. The van der Waals surface area contributed by atoms with Gasteiger partial charge in [-0.05, 0) is 6.04 Å². The van der Waals surface area contributed by atoms with Crippen LogP contribution in [-0.4, -0.2) is 8.07 Å². The van der Waals surface area contributed by atoms with Crippen LogP contribution < -0.4 is 10.4 Å². The first-order valence-electron chi connectivity index (χ1n) is 6.94. The van der Waals surface area contributed by atoms with E-state index in [1.165, 1.54) is 18.5 Å². The topological polar surface area (TPSA) is 0 Å². The van der Waals surface area contributed by atoms with Gasteiger partial charge in [-0.15, -0.1) is 0 Å². The molecule has 2 aromatic rings. The molecule has 2 rings (SSSR count). The molecule has 0 fully saturated rings. The fraction of sp³-hybridized carbons (Fsp3) is 0.294. The summed E-state index contributed by atoms with van der Waals surface area (Å²) in [5.41, 5.74) is 0. The lowest BCUT2D eigenvalue weighted by atomic mass is 10.4. The summed E-state index contributed by atoms with van der Waals surface area (Å²) in [4.78, 5) is 0. The van der Waals surface area contributed by atoms with E-state index < -0.39 is 8.07 Å². The zero-order valence-corrected chi connectivity index (χ0v) is 12.4. The van der Waals surface area contributed by atoms with Crippen LogP contribution in [0.5, 0.6) is 0 Å². The average molecular weight is 254 g/mol. The van der Waals surface area contributed by atoms with Crippen LogP contribution in [0.25, 0.3) is 0 Å². The molecule has 0 bridgehead atoms. The lowest BCUT2D eigenvalue weighted by Crippen LogP contribution is -2.57. The third kappa shape index (κ3) is 2.41. The molecular formula is C17H22Si. The van der Waals surface area contributed by atoms with Gasteiger partial charge >= 0.3 is 0 Å². The molecular weight excluding hydrogens is 232 g/mol. The normalized spacial score (nSPS) is 11.4. The van der Waals surface area contributed by atoms with Crippen molar-refractivity contribution in [3.63, 3.8) is 0 Å². The van der Waals surface area contributed by atoms with E-state index in [0.717, 1.165) is 0 Å². The predicted molar refractivity (Wildman–Crippen MR) is 83.5 cm³/mol.